The molecule has 0 bridgehead atoms. The van der Waals surface area contributed by atoms with Crippen LogP contribution in [-0.4, -0.2) is 37.5 Å². The minimum absolute atomic E-state index is 0.0389. The van der Waals surface area contributed by atoms with E-state index >= 15 is 0 Å². The van der Waals surface area contributed by atoms with Gasteiger partial charge in [-0.05, 0) is 47.7 Å². The van der Waals surface area contributed by atoms with E-state index in [0.29, 0.717) is 33.0 Å². The topological polar surface area (TPSA) is 89.4 Å². The molecule has 1 aliphatic rings. The van der Waals surface area contributed by atoms with Crippen molar-refractivity contribution >= 4 is 34.6 Å². The van der Waals surface area contributed by atoms with Crippen LogP contribution in [0, 0.1) is 0 Å². The van der Waals surface area contributed by atoms with Crippen LogP contribution in [-0.2, 0) is 4.79 Å². The molecule has 1 amide bonds. The minimum Gasteiger partial charge on any atom is -0.504 e. The average Bonchev–Trinajstić information content (AvgIpc) is 3.02. The van der Waals surface area contributed by atoms with Gasteiger partial charge in [0.2, 0.25) is 0 Å². The summed E-state index contributed by atoms with van der Waals surface area (Å²) < 4.78 is 15.6. The molecule has 0 unspecified atom stereocenters. The van der Waals surface area contributed by atoms with Crippen molar-refractivity contribution in [1.82, 2.24) is 5.32 Å². The van der Waals surface area contributed by atoms with E-state index in [1.807, 2.05) is 0 Å². The van der Waals surface area contributed by atoms with Gasteiger partial charge in [-0.2, -0.15) is 0 Å². The third-order valence-corrected chi connectivity index (χ3v) is 4.67. The van der Waals surface area contributed by atoms with E-state index in [1.54, 1.807) is 50.6 Å². The highest BCUT2D eigenvalue weighted by Gasteiger charge is 2.24. The number of phenols is 1. The molecule has 0 aromatic heterocycles. The van der Waals surface area contributed by atoms with Crippen molar-refractivity contribution in [2.75, 3.05) is 21.3 Å². The van der Waals surface area contributed by atoms with E-state index < -0.39 is 0 Å². The largest absolute Gasteiger partial charge is 0.504 e. The zero-order valence-electron chi connectivity index (χ0n) is 15.0. The molecular formula is C19H18N2O5S. The Labute approximate surface area is 160 Å². The number of benzene rings is 2. The molecular weight excluding hydrogens is 368 g/mol. The minimum atomic E-state index is -0.252. The highest BCUT2D eigenvalue weighted by molar-refractivity contribution is 8.18. The van der Waals surface area contributed by atoms with E-state index in [9.17, 15) is 9.90 Å². The fraction of sp³-hybridized carbons (Fsp3) is 0.158. The summed E-state index contributed by atoms with van der Waals surface area (Å²) in [6.45, 7) is 0. The number of carbonyl (C=O) groups excluding carboxylic acids is 1. The second kappa shape index (κ2) is 8.05. The Morgan fingerprint density at radius 3 is 2.52 bits per heavy atom. The maximum Gasteiger partial charge on any atom is 0.264 e. The highest BCUT2D eigenvalue weighted by atomic mass is 32.2. The van der Waals surface area contributed by atoms with Crippen LogP contribution in [0.3, 0.4) is 0 Å². The van der Waals surface area contributed by atoms with Crippen LogP contribution in [0.4, 0.5) is 5.69 Å². The Hall–Kier alpha value is -3.13. The smallest absolute Gasteiger partial charge is 0.264 e. The molecule has 2 N–H and O–H groups in total. The molecule has 0 aliphatic carbocycles. The van der Waals surface area contributed by atoms with Gasteiger partial charge in [0.15, 0.2) is 16.7 Å². The second-order valence-electron chi connectivity index (χ2n) is 5.45. The van der Waals surface area contributed by atoms with Crippen molar-refractivity contribution in [2.45, 2.75) is 0 Å². The van der Waals surface area contributed by atoms with E-state index in [2.05, 4.69) is 10.3 Å². The lowest BCUT2D eigenvalue weighted by atomic mass is 10.2. The van der Waals surface area contributed by atoms with Crippen LogP contribution in [0.15, 0.2) is 46.3 Å². The van der Waals surface area contributed by atoms with E-state index in [4.69, 9.17) is 14.2 Å². The quantitative estimate of drug-likeness (QED) is 0.767. The van der Waals surface area contributed by atoms with E-state index in [-0.39, 0.29) is 11.7 Å². The molecule has 8 heteroatoms. The fourth-order valence-corrected chi connectivity index (χ4v) is 3.24. The van der Waals surface area contributed by atoms with Crippen LogP contribution in [0.1, 0.15) is 5.56 Å². The monoisotopic (exact) mass is 386 g/mol. The molecule has 0 radical (unpaired) electrons. The predicted molar refractivity (Wildman–Crippen MR) is 105 cm³/mol. The number of hydrogen-bond donors (Lipinski definition) is 2. The van der Waals surface area contributed by atoms with Crippen molar-refractivity contribution in [3.8, 4) is 23.0 Å². The van der Waals surface area contributed by atoms with Gasteiger partial charge in [0, 0.05) is 6.07 Å². The third-order valence-electron chi connectivity index (χ3n) is 3.76. The standard InChI is InChI=1S/C19H18N2O5S/c1-24-12-5-6-13(15(10-12)25-2)20-19-21-18(23)17(27-19)9-11-4-7-14(22)16(8-11)26-3/h4-10,22H,1-3H3,(H,20,21,23). The Morgan fingerprint density at radius 1 is 1.04 bits per heavy atom. The lowest BCUT2D eigenvalue weighted by molar-refractivity contribution is -0.115. The Bertz CT molecular complexity index is 940. The first kappa shape index (κ1) is 18.7. The van der Waals surface area contributed by atoms with Gasteiger partial charge in [-0.1, -0.05) is 6.07 Å². The van der Waals surface area contributed by atoms with Gasteiger partial charge in [0.05, 0.1) is 26.2 Å². The Morgan fingerprint density at radius 2 is 1.81 bits per heavy atom. The van der Waals surface area contributed by atoms with Crippen molar-refractivity contribution < 1.29 is 24.1 Å². The number of aromatic hydroxyl groups is 1. The zero-order chi connectivity index (χ0) is 19.4. The summed E-state index contributed by atoms with van der Waals surface area (Å²) in [4.78, 5) is 17.2. The van der Waals surface area contributed by atoms with Crippen LogP contribution >= 0.6 is 11.8 Å². The molecule has 3 rings (SSSR count). The number of ether oxygens (including phenoxy) is 3. The number of rotatable bonds is 5. The van der Waals surface area contributed by atoms with Crippen molar-refractivity contribution in [3.63, 3.8) is 0 Å². The third kappa shape index (κ3) is 4.17. The van der Waals surface area contributed by atoms with Crippen molar-refractivity contribution in [1.29, 1.82) is 0 Å². The molecule has 1 saturated heterocycles. The summed E-state index contributed by atoms with van der Waals surface area (Å²) in [5.41, 5.74) is 1.30. The lowest BCUT2D eigenvalue weighted by Crippen LogP contribution is -2.19. The average molecular weight is 386 g/mol. The molecule has 1 aliphatic heterocycles. The maximum atomic E-state index is 12.2. The zero-order valence-corrected chi connectivity index (χ0v) is 15.8. The number of nitrogens with zero attached hydrogens (tertiary/aromatic N) is 1. The van der Waals surface area contributed by atoms with Crippen LogP contribution in [0.2, 0.25) is 0 Å². The van der Waals surface area contributed by atoms with Gasteiger partial charge in [0.1, 0.15) is 17.2 Å². The first-order valence-corrected chi connectivity index (χ1v) is 8.74. The molecule has 27 heavy (non-hydrogen) atoms. The number of aliphatic imine (C=N–C) groups is 1. The van der Waals surface area contributed by atoms with Gasteiger partial charge >= 0.3 is 0 Å². The number of amides is 1. The lowest BCUT2D eigenvalue weighted by Gasteiger charge is -2.07. The number of nitrogens with one attached hydrogen (secondary N) is 1. The van der Waals surface area contributed by atoms with Crippen LogP contribution in [0.5, 0.6) is 23.0 Å². The van der Waals surface area contributed by atoms with Gasteiger partial charge in [-0.3, -0.25) is 4.79 Å². The Kier molecular flexibility index (Phi) is 5.56. The number of phenolic OH excluding ortho intramolecular Hbond substituents is 1. The first-order valence-electron chi connectivity index (χ1n) is 7.92. The Balaban J connectivity index is 1.86. The summed E-state index contributed by atoms with van der Waals surface area (Å²) in [6, 6.07) is 10.1. The SMILES string of the molecule is COc1ccc(N=C2NC(=O)C(=Cc3ccc(O)c(OC)c3)S2)c(OC)c1. The number of thioether (sulfide) groups is 1. The van der Waals surface area contributed by atoms with Crippen LogP contribution < -0.4 is 19.5 Å². The van der Waals surface area contributed by atoms with Gasteiger partial charge in [0.25, 0.3) is 5.91 Å². The van der Waals surface area contributed by atoms with Crippen LogP contribution in [0.25, 0.3) is 6.08 Å². The molecule has 0 spiro atoms. The normalized spacial score (nSPS) is 16.5. The molecule has 2 aromatic rings. The van der Waals surface area contributed by atoms with E-state index in [0.717, 1.165) is 5.56 Å². The second-order valence-corrected chi connectivity index (χ2v) is 6.48. The maximum absolute atomic E-state index is 12.2. The number of hydrogen-bond acceptors (Lipinski definition) is 7. The van der Waals surface area contributed by atoms with Crippen molar-refractivity contribution in [2.24, 2.45) is 4.99 Å². The first-order chi connectivity index (χ1) is 13.0. The van der Waals surface area contributed by atoms with E-state index in [1.165, 1.54) is 24.9 Å². The van der Waals surface area contributed by atoms with Gasteiger partial charge in [-0.15, -0.1) is 0 Å². The molecule has 2 aromatic carbocycles. The summed E-state index contributed by atoms with van der Waals surface area (Å²) in [6.07, 6.45) is 1.70. The molecule has 140 valence electrons. The van der Waals surface area contributed by atoms with Gasteiger partial charge in [-0.25, -0.2) is 4.99 Å². The summed E-state index contributed by atoms with van der Waals surface area (Å²) in [7, 11) is 4.58. The fourth-order valence-electron chi connectivity index (χ4n) is 2.40. The molecule has 1 heterocycles. The molecule has 0 atom stereocenters. The highest BCUT2D eigenvalue weighted by Crippen LogP contribution is 2.35. The number of amidine groups is 1. The summed E-state index contributed by atoms with van der Waals surface area (Å²) in [5, 5.41) is 12.8. The van der Waals surface area contributed by atoms with Gasteiger partial charge < -0.3 is 24.6 Å². The summed E-state index contributed by atoms with van der Waals surface area (Å²) in [5.74, 6) is 1.32. The molecule has 7 nitrogen and oxygen atoms in total. The molecule has 0 saturated carbocycles. The number of methoxy groups -OCH3 is 3. The summed E-state index contributed by atoms with van der Waals surface area (Å²) >= 11 is 1.22. The predicted octanol–water partition coefficient (Wildman–Crippen LogP) is 3.31. The van der Waals surface area contributed by atoms with Crippen molar-refractivity contribution in [3.05, 3.63) is 46.9 Å². The molecule has 1 fully saturated rings. The number of carbonyl (C=O) groups is 1.